The molecule has 9 nitrogen and oxygen atoms in total. The van der Waals surface area contributed by atoms with Crippen molar-refractivity contribution >= 4 is 49.0 Å². The zero-order valence-electron chi connectivity index (χ0n) is 26.3. The first kappa shape index (κ1) is 32.4. The van der Waals surface area contributed by atoms with E-state index in [1.807, 2.05) is 56.4 Å². The molecule has 0 bridgehead atoms. The largest absolute Gasteiger partial charge is 0.432 e. The molecule has 242 valence electrons. The van der Waals surface area contributed by atoms with Gasteiger partial charge in [-0.25, -0.2) is 0 Å². The Hall–Kier alpha value is -3.54. The second kappa shape index (κ2) is 12.6. The van der Waals surface area contributed by atoms with Gasteiger partial charge in [-0.2, -0.15) is 0 Å². The smallest absolute Gasteiger partial charge is 0.264 e. The second-order valence-electron chi connectivity index (χ2n) is 13.2. The summed E-state index contributed by atoms with van der Waals surface area (Å²) < 4.78 is 6.79. The second-order valence-corrected chi connectivity index (χ2v) is 17.6. The quantitative estimate of drug-likeness (QED) is 0.282. The number of nitrogens with one attached hydrogen (secondary N) is 1. The lowest BCUT2D eigenvalue weighted by atomic mass is 9.82. The highest BCUT2D eigenvalue weighted by Crippen LogP contribution is 2.60. The van der Waals surface area contributed by atoms with Crippen molar-refractivity contribution in [3.8, 4) is 0 Å². The third-order valence-electron chi connectivity index (χ3n) is 9.82. The summed E-state index contributed by atoms with van der Waals surface area (Å²) in [6, 6.07) is 21.4. The van der Waals surface area contributed by atoms with Gasteiger partial charge < -0.3 is 29.8 Å². The maximum Gasteiger partial charge on any atom is 0.264 e. The molecule has 6 rings (SSSR count). The van der Waals surface area contributed by atoms with Gasteiger partial charge in [0.15, 0.2) is 13.9 Å². The number of carbonyl (C=O) groups is 3. The molecule has 3 amide bonds. The Bertz CT molecular complexity index is 1630. The Labute approximate surface area is 275 Å². The fraction of sp³-hybridized carbons (Fsp3) is 0.400. The molecule has 2 saturated heterocycles. The molecule has 2 fully saturated rings. The number of likely N-dealkylation sites (tertiary alicyclic amines) is 1. The molecular formula is C35H40ClN3O6Si. The van der Waals surface area contributed by atoms with Gasteiger partial charge in [0, 0.05) is 39.8 Å². The zero-order valence-corrected chi connectivity index (χ0v) is 28.0. The number of rotatable bonds is 8. The molecule has 0 saturated carbocycles. The van der Waals surface area contributed by atoms with Gasteiger partial charge >= 0.3 is 0 Å². The van der Waals surface area contributed by atoms with Gasteiger partial charge in [-0.1, -0.05) is 48.9 Å². The number of hydrogen-bond donors (Lipinski definition) is 3. The van der Waals surface area contributed by atoms with E-state index in [-0.39, 0.29) is 43.3 Å². The molecule has 0 aliphatic carbocycles. The van der Waals surface area contributed by atoms with E-state index in [4.69, 9.17) is 16.3 Å². The van der Waals surface area contributed by atoms with Crippen LogP contribution >= 0.6 is 11.6 Å². The molecule has 46 heavy (non-hydrogen) atoms. The minimum atomic E-state index is -2.96. The number of aliphatic hydroxyl groups is 1. The lowest BCUT2D eigenvalue weighted by molar-refractivity contribution is -0.150. The molecule has 3 aliphatic rings. The number of hydrogen-bond acceptors (Lipinski definition) is 6. The summed E-state index contributed by atoms with van der Waals surface area (Å²) in [6.45, 7) is 6.31. The molecule has 0 unspecified atom stereocenters. The van der Waals surface area contributed by atoms with E-state index in [2.05, 4.69) is 5.32 Å². The summed E-state index contributed by atoms with van der Waals surface area (Å²) in [5.74, 6) is -1.04. The van der Waals surface area contributed by atoms with Crippen LogP contribution in [0.1, 0.15) is 47.7 Å². The number of carbonyl (C=O) groups excluding carboxylic acids is 3. The fourth-order valence-electron chi connectivity index (χ4n) is 7.72. The van der Waals surface area contributed by atoms with Crippen molar-refractivity contribution in [3.05, 3.63) is 94.5 Å². The number of aliphatic hydroxyl groups excluding tert-OH is 1. The summed E-state index contributed by atoms with van der Waals surface area (Å²) >= 11 is 6.51. The summed E-state index contributed by atoms with van der Waals surface area (Å²) in [4.78, 5) is 55.7. The topological polar surface area (TPSA) is 119 Å². The van der Waals surface area contributed by atoms with Gasteiger partial charge in [0.2, 0.25) is 5.91 Å². The molecule has 3 heterocycles. The molecule has 3 aromatic rings. The first-order chi connectivity index (χ1) is 21.9. The molecule has 3 aromatic carbocycles. The van der Waals surface area contributed by atoms with Crippen molar-refractivity contribution in [2.45, 2.75) is 69.1 Å². The molecule has 3 N–H and O–H groups in total. The maximum absolute atomic E-state index is 14.6. The Morgan fingerprint density at radius 3 is 2.48 bits per heavy atom. The third kappa shape index (κ3) is 5.77. The monoisotopic (exact) mass is 661 g/mol. The normalized spacial score (nSPS) is 25.7. The molecule has 11 heteroatoms. The highest BCUT2D eigenvalue weighted by atomic mass is 35.5. The van der Waals surface area contributed by atoms with Gasteiger partial charge in [0.05, 0.1) is 37.4 Å². The zero-order chi connectivity index (χ0) is 32.8. The van der Waals surface area contributed by atoms with Crippen LogP contribution in [-0.2, 0) is 26.5 Å². The lowest BCUT2D eigenvalue weighted by Gasteiger charge is -2.32. The van der Waals surface area contributed by atoms with Crippen molar-refractivity contribution in [2.24, 2.45) is 5.92 Å². The van der Waals surface area contributed by atoms with Crippen molar-refractivity contribution in [1.82, 2.24) is 4.90 Å². The summed E-state index contributed by atoms with van der Waals surface area (Å²) in [5.41, 5.74) is 1.51. The average molecular weight is 662 g/mol. The van der Waals surface area contributed by atoms with Crippen LogP contribution in [0.5, 0.6) is 0 Å². The number of halogens is 1. The molecule has 3 aliphatic heterocycles. The van der Waals surface area contributed by atoms with Crippen molar-refractivity contribution in [1.29, 1.82) is 0 Å². The van der Waals surface area contributed by atoms with Gasteiger partial charge in [-0.3, -0.25) is 14.4 Å². The third-order valence-corrected chi connectivity index (χ3v) is 12.6. The Kier molecular flexibility index (Phi) is 8.86. The van der Waals surface area contributed by atoms with Gasteiger partial charge in [-0.05, 0) is 74.0 Å². The predicted octanol–water partition coefficient (Wildman–Crippen LogP) is 5.31. The van der Waals surface area contributed by atoms with Crippen LogP contribution in [0, 0.1) is 5.92 Å². The predicted molar refractivity (Wildman–Crippen MR) is 179 cm³/mol. The standard InChI is InChI=1S/C35H40ClN3O6Si/c1-22-32(46(2,3)44)30(19-31(41)38-17-7-10-27(38)21-40)45-35(22)28-18-25(36)13-16-29(28)39(34(35)43)20-23-11-14-26(15-12-23)37-33(42)24-8-5-4-6-9-24/h4-6,8-9,11-16,18,22,27,30,32,40,44H,7,10,17,19-21H2,1-3H3,(H,37,42)/t22-,27-,30+,32-,35+/m0/s1. The van der Waals surface area contributed by atoms with Crippen LogP contribution in [0.3, 0.4) is 0 Å². The van der Waals surface area contributed by atoms with Gasteiger partial charge in [0.25, 0.3) is 11.8 Å². The summed E-state index contributed by atoms with van der Waals surface area (Å²) in [6.07, 6.45) is 0.908. The van der Waals surface area contributed by atoms with Crippen molar-refractivity contribution in [3.63, 3.8) is 0 Å². The Morgan fingerprint density at radius 1 is 1.09 bits per heavy atom. The van der Waals surface area contributed by atoms with Gasteiger partial charge in [-0.15, -0.1) is 0 Å². The van der Waals surface area contributed by atoms with E-state index in [9.17, 15) is 24.3 Å². The summed E-state index contributed by atoms with van der Waals surface area (Å²) in [7, 11) is -2.96. The van der Waals surface area contributed by atoms with Crippen LogP contribution in [-0.4, -0.2) is 66.1 Å². The average Bonchev–Trinajstić information content (AvgIpc) is 3.69. The van der Waals surface area contributed by atoms with Crippen molar-refractivity contribution in [2.75, 3.05) is 23.4 Å². The van der Waals surface area contributed by atoms with E-state index in [1.54, 1.807) is 46.2 Å². The van der Waals surface area contributed by atoms with Gasteiger partial charge in [0.1, 0.15) is 0 Å². The van der Waals surface area contributed by atoms with E-state index in [0.29, 0.717) is 34.1 Å². The van der Waals surface area contributed by atoms with E-state index >= 15 is 0 Å². The maximum atomic E-state index is 14.6. The number of nitrogens with zero attached hydrogens (tertiary/aromatic N) is 2. The first-order valence-electron chi connectivity index (χ1n) is 15.8. The SMILES string of the molecule is C[C@H]1[C@H]([Si](C)(C)O)[C@@H](CC(=O)N2CCC[C@H]2CO)O[C@]12C(=O)N(Cc1ccc(NC(=O)c3ccccc3)cc1)c1ccc(Cl)cc12. The van der Waals surface area contributed by atoms with Crippen LogP contribution in [0.15, 0.2) is 72.8 Å². The van der Waals surface area contributed by atoms with E-state index in [1.165, 1.54) is 0 Å². The highest BCUT2D eigenvalue weighted by Gasteiger charge is 2.66. The Balaban J connectivity index is 1.28. The van der Waals surface area contributed by atoms with E-state index < -0.39 is 31.5 Å². The number of ether oxygens (including phenoxy) is 1. The minimum absolute atomic E-state index is 0.0174. The molecule has 1 spiro atoms. The minimum Gasteiger partial charge on any atom is -0.432 e. The number of amides is 3. The number of fused-ring (bicyclic) bond motifs is 2. The molecule has 5 atom stereocenters. The highest BCUT2D eigenvalue weighted by molar-refractivity contribution is 6.71. The van der Waals surface area contributed by atoms with Crippen LogP contribution < -0.4 is 10.2 Å². The van der Waals surface area contributed by atoms with Crippen LogP contribution in [0.25, 0.3) is 0 Å². The molecule has 0 radical (unpaired) electrons. The first-order valence-corrected chi connectivity index (χ1v) is 19.2. The van der Waals surface area contributed by atoms with Crippen molar-refractivity contribution < 1.29 is 29.0 Å². The van der Waals surface area contributed by atoms with E-state index in [0.717, 1.165) is 18.4 Å². The number of anilines is 2. The van der Waals surface area contributed by atoms with Crippen LogP contribution in [0.2, 0.25) is 23.7 Å². The Morgan fingerprint density at radius 2 is 1.80 bits per heavy atom. The number of benzene rings is 3. The van der Waals surface area contributed by atoms with Crippen LogP contribution in [0.4, 0.5) is 11.4 Å². The fourth-order valence-corrected chi connectivity index (χ4v) is 10.4. The molecule has 0 aromatic heterocycles. The summed E-state index contributed by atoms with van der Waals surface area (Å²) in [5, 5.41) is 13.2. The molecular weight excluding hydrogens is 622 g/mol. The lowest BCUT2D eigenvalue weighted by Crippen LogP contribution is -2.46.